The monoisotopic (exact) mass is 345 g/mol. The molecule has 0 fully saturated rings. The molecular formula is C13H10F3N3O3S. The molecule has 2 rings (SSSR count). The molecule has 0 unspecified atom stereocenters. The van der Waals surface area contributed by atoms with Crippen molar-refractivity contribution < 1.29 is 22.9 Å². The molecule has 2 aromatic rings. The second-order valence-electron chi connectivity index (χ2n) is 4.55. The van der Waals surface area contributed by atoms with Crippen LogP contribution in [-0.4, -0.2) is 15.8 Å². The van der Waals surface area contributed by atoms with E-state index in [-0.39, 0.29) is 6.54 Å². The van der Waals surface area contributed by atoms with Crippen LogP contribution >= 0.6 is 11.3 Å². The molecule has 1 heterocycles. The van der Waals surface area contributed by atoms with Crippen LogP contribution in [0.2, 0.25) is 0 Å². The van der Waals surface area contributed by atoms with Gasteiger partial charge in [-0.05, 0) is 19.1 Å². The number of halogens is 3. The first-order valence-electron chi connectivity index (χ1n) is 6.23. The maximum atomic E-state index is 12.6. The molecule has 0 atom stereocenters. The molecule has 0 aliphatic heterocycles. The van der Waals surface area contributed by atoms with E-state index >= 15 is 0 Å². The average molecular weight is 345 g/mol. The molecule has 1 aromatic carbocycles. The first-order chi connectivity index (χ1) is 10.7. The highest BCUT2D eigenvalue weighted by Crippen LogP contribution is 2.33. The summed E-state index contributed by atoms with van der Waals surface area (Å²) >= 11 is 1.29. The van der Waals surface area contributed by atoms with E-state index in [2.05, 4.69) is 10.3 Å². The van der Waals surface area contributed by atoms with Gasteiger partial charge < -0.3 is 5.32 Å². The molecule has 23 heavy (non-hydrogen) atoms. The molecule has 6 nitrogen and oxygen atoms in total. The zero-order chi connectivity index (χ0) is 17.2. The highest BCUT2D eigenvalue weighted by Gasteiger charge is 2.34. The van der Waals surface area contributed by atoms with Gasteiger partial charge in [0, 0.05) is 17.1 Å². The van der Waals surface area contributed by atoms with E-state index in [1.807, 2.05) is 0 Å². The van der Waals surface area contributed by atoms with Gasteiger partial charge in [0.1, 0.15) is 10.6 Å². The van der Waals surface area contributed by atoms with Crippen molar-refractivity contribution in [2.75, 3.05) is 0 Å². The molecule has 1 aromatic heterocycles. The number of nitrogens with zero attached hydrogens (tertiary/aromatic N) is 2. The minimum Gasteiger partial charge on any atom is -0.345 e. The Balaban J connectivity index is 2.23. The van der Waals surface area contributed by atoms with Gasteiger partial charge in [-0.3, -0.25) is 14.9 Å². The summed E-state index contributed by atoms with van der Waals surface area (Å²) in [5, 5.41) is 15.7. The van der Waals surface area contributed by atoms with Crippen LogP contribution in [0.15, 0.2) is 23.6 Å². The van der Waals surface area contributed by atoms with Crippen molar-refractivity contribution in [3.8, 4) is 0 Å². The van der Waals surface area contributed by atoms with Crippen LogP contribution in [0, 0.1) is 17.0 Å². The van der Waals surface area contributed by atoms with Crippen molar-refractivity contribution in [2.45, 2.75) is 19.6 Å². The Morgan fingerprint density at radius 1 is 1.43 bits per heavy atom. The number of hydrogen-bond acceptors (Lipinski definition) is 5. The van der Waals surface area contributed by atoms with Crippen LogP contribution in [0.1, 0.15) is 26.6 Å². The predicted octanol–water partition coefficient (Wildman–Crippen LogP) is 3.31. The first-order valence-corrected chi connectivity index (χ1v) is 7.11. The van der Waals surface area contributed by atoms with E-state index in [1.54, 1.807) is 12.3 Å². The summed E-state index contributed by atoms with van der Waals surface area (Å²) in [5.41, 5.74) is -1.75. The topological polar surface area (TPSA) is 85.1 Å². The zero-order valence-corrected chi connectivity index (χ0v) is 12.5. The minimum atomic E-state index is -4.72. The number of aryl methyl sites for hydroxylation is 1. The number of thiazole rings is 1. The lowest BCUT2D eigenvalue weighted by Gasteiger charge is -2.09. The fraction of sp³-hybridized carbons (Fsp3) is 0.231. The number of hydrogen-bond donors (Lipinski definition) is 1. The Hall–Kier alpha value is -2.49. The Morgan fingerprint density at radius 3 is 2.65 bits per heavy atom. The van der Waals surface area contributed by atoms with E-state index < -0.39 is 33.8 Å². The summed E-state index contributed by atoms with van der Waals surface area (Å²) in [4.78, 5) is 26.0. The zero-order valence-electron chi connectivity index (χ0n) is 11.7. The minimum absolute atomic E-state index is 0.0372. The van der Waals surface area contributed by atoms with Gasteiger partial charge in [-0.2, -0.15) is 13.2 Å². The van der Waals surface area contributed by atoms with Crippen molar-refractivity contribution in [2.24, 2.45) is 0 Å². The summed E-state index contributed by atoms with van der Waals surface area (Å²) in [5.74, 6) is -0.835. The maximum absolute atomic E-state index is 12.6. The highest BCUT2D eigenvalue weighted by molar-refractivity contribution is 7.09. The van der Waals surface area contributed by atoms with Crippen LogP contribution in [-0.2, 0) is 12.7 Å². The maximum Gasteiger partial charge on any atom is 0.416 e. The van der Waals surface area contributed by atoms with Crippen molar-refractivity contribution >= 4 is 22.9 Å². The third kappa shape index (κ3) is 4.03. The third-order valence-electron chi connectivity index (χ3n) is 2.83. The second-order valence-corrected chi connectivity index (χ2v) is 5.49. The first kappa shape index (κ1) is 16.9. The molecule has 122 valence electrons. The summed E-state index contributed by atoms with van der Waals surface area (Å²) in [6.07, 6.45) is -4.72. The number of carbonyl (C=O) groups is 1. The number of rotatable bonds is 4. The largest absolute Gasteiger partial charge is 0.416 e. The molecule has 10 heteroatoms. The molecule has 0 bridgehead atoms. The number of alkyl halides is 3. The van der Waals surface area contributed by atoms with Crippen molar-refractivity contribution in [3.05, 3.63) is 55.5 Å². The van der Waals surface area contributed by atoms with Gasteiger partial charge in [0.15, 0.2) is 0 Å². The number of aromatic nitrogens is 1. The number of nitrogens with one attached hydrogen (secondary N) is 1. The SMILES string of the molecule is Cc1csc(CNC(=O)c2ccc(C(F)(F)F)cc2[N+](=O)[O-])n1. The van der Waals surface area contributed by atoms with E-state index in [4.69, 9.17) is 0 Å². The van der Waals surface area contributed by atoms with Gasteiger partial charge >= 0.3 is 6.18 Å². The number of amides is 1. The number of carbonyl (C=O) groups excluding carboxylic acids is 1. The standard InChI is InChI=1S/C13H10F3N3O3S/c1-7-6-23-11(18-7)5-17-12(20)9-3-2-8(13(14,15)16)4-10(9)19(21)22/h2-4,6H,5H2,1H3,(H,17,20). The molecule has 0 aliphatic carbocycles. The lowest BCUT2D eigenvalue weighted by atomic mass is 10.1. The van der Waals surface area contributed by atoms with E-state index in [9.17, 15) is 28.1 Å². The molecular weight excluding hydrogens is 335 g/mol. The van der Waals surface area contributed by atoms with Gasteiger partial charge in [-0.25, -0.2) is 4.98 Å². The number of nitro benzene ring substituents is 1. The summed E-state index contributed by atoms with van der Waals surface area (Å²) in [6, 6.07) is 1.78. The summed E-state index contributed by atoms with van der Waals surface area (Å²) < 4.78 is 37.8. The molecule has 0 aliphatic rings. The second kappa shape index (κ2) is 6.32. The lowest BCUT2D eigenvalue weighted by Crippen LogP contribution is -2.24. The predicted molar refractivity (Wildman–Crippen MR) is 76.1 cm³/mol. The summed E-state index contributed by atoms with van der Waals surface area (Å²) in [6.45, 7) is 1.80. The normalized spacial score (nSPS) is 11.3. The Labute approximate surface area is 132 Å². The van der Waals surface area contributed by atoms with Gasteiger partial charge in [0.25, 0.3) is 11.6 Å². The van der Waals surface area contributed by atoms with Gasteiger partial charge in [-0.1, -0.05) is 0 Å². The lowest BCUT2D eigenvalue weighted by molar-refractivity contribution is -0.385. The molecule has 1 N–H and O–H groups in total. The van der Waals surface area contributed by atoms with E-state index in [0.29, 0.717) is 17.1 Å². The highest BCUT2D eigenvalue weighted by atomic mass is 32.1. The van der Waals surface area contributed by atoms with Gasteiger partial charge in [0.2, 0.25) is 0 Å². The Bertz CT molecular complexity index is 758. The van der Waals surface area contributed by atoms with Gasteiger partial charge in [-0.15, -0.1) is 11.3 Å². The van der Waals surface area contributed by atoms with Crippen LogP contribution in [0.4, 0.5) is 18.9 Å². The van der Waals surface area contributed by atoms with Crippen molar-refractivity contribution in [1.82, 2.24) is 10.3 Å². The molecule has 0 saturated heterocycles. The molecule has 0 saturated carbocycles. The Kier molecular flexibility index (Phi) is 4.64. The van der Waals surface area contributed by atoms with Crippen molar-refractivity contribution in [3.63, 3.8) is 0 Å². The van der Waals surface area contributed by atoms with Crippen LogP contribution in [0.3, 0.4) is 0 Å². The van der Waals surface area contributed by atoms with E-state index in [1.165, 1.54) is 11.3 Å². The van der Waals surface area contributed by atoms with Crippen molar-refractivity contribution in [1.29, 1.82) is 0 Å². The number of nitro groups is 1. The van der Waals surface area contributed by atoms with E-state index in [0.717, 1.165) is 11.8 Å². The fourth-order valence-electron chi connectivity index (χ4n) is 1.79. The number of benzene rings is 1. The Morgan fingerprint density at radius 2 is 2.13 bits per heavy atom. The smallest absolute Gasteiger partial charge is 0.345 e. The molecule has 1 amide bonds. The quantitative estimate of drug-likeness (QED) is 0.680. The summed E-state index contributed by atoms with van der Waals surface area (Å²) in [7, 11) is 0. The van der Waals surface area contributed by atoms with Crippen LogP contribution in [0.25, 0.3) is 0 Å². The van der Waals surface area contributed by atoms with Crippen LogP contribution < -0.4 is 5.32 Å². The molecule has 0 spiro atoms. The van der Waals surface area contributed by atoms with Crippen LogP contribution in [0.5, 0.6) is 0 Å². The average Bonchev–Trinajstić information content (AvgIpc) is 2.88. The van der Waals surface area contributed by atoms with Gasteiger partial charge in [0.05, 0.1) is 17.0 Å². The fourth-order valence-corrected chi connectivity index (χ4v) is 2.50. The molecule has 0 radical (unpaired) electrons. The third-order valence-corrected chi connectivity index (χ3v) is 3.80.